The van der Waals surface area contributed by atoms with Gasteiger partial charge in [-0.25, -0.2) is 13.4 Å². The second-order valence-corrected chi connectivity index (χ2v) is 9.52. The molecule has 0 aliphatic rings. The van der Waals surface area contributed by atoms with E-state index in [4.69, 9.17) is 14.2 Å². The number of nitrogens with zero attached hydrogens (tertiary/aromatic N) is 1. The van der Waals surface area contributed by atoms with Gasteiger partial charge in [-0.15, -0.1) is 0 Å². The van der Waals surface area contributed by atoms with Crippen LogP contribution in [0.15, 0.2) is 35.2 Å². The first kappa shape index (κ1) is 22.8. The molecular weight excluding hydrogens is 440 g/mol. The van der Waals surface area contributed by atoms with Crippen LogP contribution in [-0.2, 0) is 9.84 Å². The van der Waals surface area contributed by atoms with E-state index in [9.17, 15) is 13.2 Å². The highest BCUT2D eigenvalue weighted by atomic mass is 32.2. The summed E-state index contributed by atoms with van der Waals surface area (Å²) in [6.45, 7) is 6.76. The number of carbonyl (C=O) groups is 1. The molecule has 0 radical (unpaired) electrons. The van der Waals surface area contributed by atoms with Crippen LogP contribution in [0, 0.1) is 0 Å². The van der Waals surface area contributed by atoms with Gasteiger partial charge in [-0.2, -0.15) is 0 Å². The molecule has 3 aromatic rings. The largest absolute Gasteiger partial charge is 0.490 e. The first-order valence-electron chi connectivity index (χ1n) is 9.75. The Balaban J connectivity index is 1.93. The number of aromatic nitrogens is 1. The standard InChI is InChI=1S/C21H24N2O6S2/c1-5-27-16-10-13(11-17(28-6-2)19(16)29-7-3)20(24)23-21-22-15-9-8-14(31(4,25)26)12-18(15)30-21/h8-12H,5-7H2,1-4H3,(H,22,23,24). The summed E-state index contributed by atoms with van der Waals surface area (Å²) in [5, 5.41) is 3.12. The number of rotatable bonds is 9. The molecule has 10 heteroatoms. The molecule has 1 heterocycles. The molecule has 8 nitrogen and oxygen atoms in total. The van der Waals surface area contributed by atoms with E-state index in [2.05, 4.69) is 10.3 Å². The zero-order valence-electron chi connectivity index (χ0n) is 17.7. The fourth-order valence-corrected chi connectivity index (χ4v) is 4.50. The average Bonchev–Trinajstić information content (AvgIpc) is 3.11. The Morgan fingerprint density at radius 1 is 1.00 bits per heavy atom. The fourth-order valence-electron chi connectivity index (χ4n) is 2.88. The van der Waals surface area contributed by atoms with Crippen molar-refractivity contribution in [1.82, 2.24) is 4.98 Å². The fraction of sp³-hybridized carbons (Fsp3) is 0.333. The third kappa shape index (κ3) is 5.26. The zero-order chi connectivity index (χ0) is 22.6. The molecule has 0 aliphatic heterocycles. The van der Waals surface area contributed by atoms with Crippen molar-refractivity contribution in [1.29, 1.82) is 0 Å². The van der Waals surface area contributed by atoms with Gasteiger partial charge < -0.3 is 14.2 Å². The smallest absolute Gasteiger partial charge is 0.257 e. The lowest BCUT2D eigenvalue weighted by molar-refractivity contribution is 0.102. The second kappa shape index (κ2) is 9.52. The number of nitrogens with one attached hydrogen (secondary N) is 1. The Labute approximate surface area is 185 Å². The van der Waals surface area contributed by atoms with Gasteiger partial charge in [0, 0.05) is 11.8 Å². The predicted molar refractivity (Wildman–Crippen MR) is 121 cm³/mol. The van der Waals surface area contributed by atoms with Gasteiger partial charge in [0.15, 0.2) is 26.5 Å². The van der Waals surface area contributed by atoms with Crippen LogP contribution >= 0.6 is 11.3 Å². The van der Waals surface area contributed by atoms with Crippen LogP contribution in [0.2, 0.25) is 0 Å². The summed E-state index contributed by atoms with van der Waals surface area (Å²) in [5.41, 5.74) is 0.927. The highest BCUT2D eigenvalue weighted by Crippen LogP contribution is 2.39. The SMILES string of the molecule is CCOc1cc(C(=O)Nc2nc3ccc(S(C)(=O)=O)cc3s2)cc(OCC)c1OCC. The molecule has 1 aromatic heterocycles. The Morgan fingerprint density at radius 3 is 2.16 bits per heavy atom. The Morgan fingerprint density at radius 2 is 1.61 bits per heavy atom. The van der Waals surface area contributed by atoms with Crippen molar-refractivity contribution in [3.05, 3.63) is 35.9 Å². The number of anilines is 1. The summed E-state index contributed by atoms with van der Waals surface area (Å²) in [6, 6.07) is 7.87. The molecule has 0 unspecified atom stereocenters. The minimum absolute atomic E-state index is 0.204. The molecule has 1 N–H and O–H groups in total. The maximum atomic E-state index is 12.9. The highest BCUT2D eigenvalue weighted by molar-refractivity contribution is 7.90. The number of fused-ring (bicyclic) bond motifs is 1. The number of benzene rings is 2. The number of thiazole rings is 1. The van der Waals surface area contributed by atoms with Gasteiger partial charge in [-0.1, -0.05) is 11.3 Å². The van der Waals surface area contributed by atoms with E-state index in [1.165, 1.54) is 17.4 Å². The van der Waals surface area contributed by atoms with Crippen LogP contribution in [0.25, 0.3) is 10.2 Å². The van der Waals surface area contributed by atoms with E-state index in [1.807, 2.05) is 20.8 Å². The Bertz CT molecular complexity index is 1180. The molecule has 0 saturated heterocycles. The topological polar surface area (TPSA) is 104 Å². The number of ether oxygens (including phenoxy) is 3. The van der Waals surface area contributed by atoms with E-state index >= 15 is 0 Å². The first-order chi connectivity index (χ1) is 14.8. The molecule has 31 heavy (non-hydrogen) atoms. The maximum absolute atomic E-state index is 12.9. The molecule has 3 rings (SSSR count). The molecule has 0 saturated carbocycles. The summed E-state index contributed by atoms with van der Waals surface area (Å²) in [6.07, 6.45) is 1.15. The van der Waals surface area contributed by atoms with Crippen LogP contribution in [0.4, 0.5) is 5.13 Å². The van der Waals surface area contributed by atoms with Gasteiger partial charge in [0.05, 0.1) is 34.9 Å². The third-order valence-corrected chi connectivity index (χ3v) is 6.22. The van der Waals surface area contributed by atoms with Crippen LogP contribution in [0.1, 0.15) is 31.1 Å². The molecule has 1 amide bonds. The second-order valence-electron chi connectivity index (χ2n) is 6.48. The van der Waals surface area contributed by atoms with Gasteiger partial charge in [0.25, 0.3) is 5.91 Å². The zero-order valence-corrected chi connectivity index (χ0v) is 19.4. The van der Waals surface area contributed by atoms with E-state index in [1.54, 1.807) is 24.3 Å². The van der Waals surface area contributed by atoms with Crippen molar-refractivity contribution in [2.45, 2.75) is 25.7 Å². The van der Waals surface area contributed by atoms with Crippen molar-refractivity contribution in [3.8, 4) is 17.2 Å². The quantitative estimate of drug-likeness (QED) is 0.507. The molecular formula is C21H24N2O6S2. The predicted octanol–water partition coefficient (Wildman–Crippen LogP) is 4.15. The van der Waals surface area contributed by atoms with Gasteiger partial charge in [-0.05, 0) is 51.1 Å². The average molecular weight is 465 g/mol. The van der Waals surface area contributed by atoms with Crippen LogP contribution in [0.5, 0.6) is 17.2 Å². The monoisotopic (exact) mass is 464 g/mol. The van der Waals surface area contributed by atoms with Crippen molar-refractivity contribution in [3.63, 3.8) is 0 Å². The van der Waals surface area contributed by atoms with Crippen LogP contribution in [0.3, 0.4) is 0 Å². The normalized spacial score (nSPS) is 11.4. The Kier molecular flexibility index (Phi) is 7.01. The van der Waals surface area contributed by atoms with E-state index in [-0.39, 0.29) is 4.90 Å². The summed E-state index contributed by atoms with van der Waals surface area (Å²) in [5.74, 6) is 0.897. The minimum atomic E-state index is -3.33. The number of hydrogen-bond donors (Lipinski definition) is 1. The minimum Gasteiger partial charge on any atom is -0.490 e. The molecule has 166 valence electrons. The molecule has 0 bridgehead atoms. The lowest BCUT2D eigenvalue weighted by atomic mass is 10.1. The molecule has 0 atom stereocenters. The van der Waals surface area contributed by atoms with Crippen molar-refractivity contribution in [2.75, 3.05) is 31.4 Å². The van der Waals surface area contributed by atoms with E-state index < -0.39 is 15.7 Å². The van der Waals surface area contributed by atoms with Crippen molar-refractivity contribution >= 4 is 42.4 Å². The summed E-state index contributed by atoms with van der Waals surface area (Å²) in [4.78, 5) is 17.5. The summed E-state index contributed by atoms with van der Waals surface area (Å²) < 4.78 is 41.2. The van der Waals surface area contributed by atoms with Gasteiger partial charge in [-0.3, -0.25) is 10.1 Å². The lowest BCUT2D eigenvalue weighted by Crippen LogP contribution is -2.13. The maximum Gasteiger partial charge on any atom is 0.257 e. The van der Waals surface area contributed by atoms with Crippen LogP contribution < -0.4 is 19.5 Å². The van der Waals surface area contributed by atoms with Gasteiger partial charge in [0.1, 0.15) is 0 Å². The van der Waals surface area contributed by atoms with Crippen molar-refractivity contribution < 1.29 is 27.4 Å². The van der Waals surface area contributed by atoms with Crippen molar-refractivity contribution in [2.24, 2.45) is 0 Å². The lowest BCUT2D eigenvalue weighted by Gasteiger charge is -2.16. The molecule has 0 fully saturated rings. The molecule has 0 spiro atoms. The summed E-state index contributed by atoms with van der Waals surface area (Å²) in [7, 11) is -3.33. The first-order valence-corrected chi connectivity index (χ1v) is 12.5. The molecule has 0 aliphatic carbocycles. The highest BCUT2D eigenvalue weighted by Gasteiger charge is 2.19. The van der Waals surface area contributed by atoms with Crippen LogP contribution in [-0.4, -0.2) is 45.4 Å². The number of amides is 1. The number of carbonyl (C=O) groups excluding carboxylic acids is 1. The Hall–Kier alpha value is -2.85. The number of sulfone groups is 1. The van der Waals surface area contributed by atoms with Gasteiger partial charge >= 0.3 is 0 Å². The van der Waals surface area contributed by atoms with E-state index in [0.717, 1.165) is 6.26 Å². The third-order valence-electron chi connectivity index (χ3n) is 4.18. The number of hydrogen-bond acceptors (Lipinski definition) is 8. The summed E-state index contributed by atoms with van der Waals surface area (Å²) >= 11 is 1.20. The molecule has 2 aromatic carbocycles. The van der Waals surface area contributed by atoms with E-state index in [0.29, 0.717) is 58.0 Å². The van der Waals surface area contributed by atoms with Gasteiger partial charge in [0.2, 0.25) is 5.75 Å².